The molecule has 0 aliphatic rings. The third-order valence-corrected chi connectivity index (χ3v) is 4.68. The Hall–Kier alpha value is -3.34. The Morgan fingerprint density at radius 1 is 0.897 bits per heavy atom. The molecule has 0 saturated heterocycles. The number of methoxy groups -OCH3 is 1. The number of carbonyl (C=O) groups is 1. The Kier molecular flexibility index (Phi) is 7.63. The van der Waals surface area contributed by atoms with Crippen molar-refractivity contribution in [2.24, 2.45) is 0 Å². The van der Waals surface area contributed by atoms with Gasteiger partial charge < -0.3 is 15.4 Å². The lowest BCUT2D eigenvalue weighted by atomic mass is 10.1. The number of nitrogens with one attached hydrogen (secondary N) is 2. The van der Waals surface area contributed by atoms with Crippen molar-refractivity contribution in [3.8, 4) is 5.75 Å². The van der Waals surface area contributed by atoms with Gasteiger partial charge in [-0.15, -0.1) is 0 Å². The Balaban J connectivity index is 1.37. The maximum Gasteiger partial charge on any atom is 0.252 e. The number of aryl methyl sites for hydroxylation is 1. The number of pyridine rings is 1. The van der Waals surface area contributed by atoms with Gasteiger partial charge in [0.1, 0.15) is 11.6 Å². The molecule has 0 saturated carbocycles. The van der Waals surface area contributed by atoms with E-state index in [1.54, 1.807) is 19.4 Å². The molecule has 0 unspecified atom stereocenters. The van der Waals surface area contributed by atoms with Crippen molar-refractivity contribution in [2.75, 3.05) is 25.5 Å². The van der Waals surface area contributed by atoms with Gasteiger partial charge in [0, 0.05) is 19.3 Å². The standard InChI is InChI=1S/C24H27N3O2/c1-29-22-12-9-20(10-13-22)15-17-25-23-14-11-21(18-27-23)24(28)26-16-5-8-19-6-3-2-4-7-19/h2-4,6-7,9-14,18H,5,8,15-17H2,1H3,(H,25,27)(H,26,28). The predicted molar refractivity (Wildman–Crippen MR) is 117 cm³/mol. The summed E-state index contributed by atoms with van der Waals surface area (Å²) in [5.41, 5.74) is 3.09. The molecule has 1 aromatic heterocycles. The molecule has 0 aliphatic heterocycles. The number of benzene rings is 2. The number of amides is 1. The number of nitrogens with zero attached hydrogens (tertiary/aromatic N) is 1. The summed E-state index contributed by atoms with van der Waals surface area (Å²) in [5.74, 6) is 1.53. The molecule has 3 rings (SSSR count). The molecule has 150 valence electrons. The lowest BCUT2D eigenvalue weighted by Crippen LogP contribution is -2.25. The summed E-state index contributed by atoms with van der Waals surface area (Å²) in [6, 6.07) is 22.0. The van der Waals surface area contributed by atoms with Crippen LogP contribution in [0.4, 0.5) is 5.82 Å². The number of carbonyl (C=O) groups excluding carboxylic acids is 1. The van der Waals surface area contributed by atoms with Crippen molar-refractivity contribution < 1.29 is 9.53 Å². The monoisotopic (exact) mass is 389 g/mol. The maximum absolute atomic E-state index is 12.2. The molecule has 5 nitrogen and oxygen atoms in total. The van der Waals surface area contributed by atoms with Crippen molar-refractivity contribution in [1.82, 2.24) is 10.3 Å². The molecular formula is C24H27N3O2. The maximum atomic E-state index is 12.2. The molecule has 0 aliphatic carbocycles. The molecule has 2 aromatic carbocycles. The van der Waals surface area contributed by atoms with Crippen LogP contribution in [-0.2, 0) is 12.8 Å². The molecule has 0 fully saturated rings. The van der Waals surface area contributed by atoms with Gasteiger partial charge in [0.15, 0.2) is 0 Å². The van der Waals surface area contributed by atoms with Crippen molar-refractivity contribution >= 4 is 11.7 Å². The van der Waals surface area contributed by atoms with E-state index in [0.717, 1.165) is 37.4 Å². The van der Waals surface area contributed by atoms with Gasteiger partial charge in [-0.25, -0.2) is 4.98 Å². The molecule has 0 spiro atoms. The van der Waals surface area contributed by atoms with Gasteiger partial charge in [-0.2, -0.15) is 0 Å². The first kappa shape index (κ1) is 20.4. The Morgan fingerprint density at radius 2 is 1.66 bits per heavy atom. The van der Waals surface area contributed by atoms with Gasteiger partial charge in [0.2, 0.25) is 0 Å². The summed E-state index contributed by atoms with van der Waals surface area (Å²) >= 11 is 0. The van der Waals surface area contributed by atoms with Crippen LogP contribution in [0.15, 0.2) is 72.9 Å². The van der Waals surface area contributed by atoms with E-state index in [0.29, 0.717) is 12.1 Å². The van der Waals surface area contributed by atoms with Crippen LogP contribution in [0.2, 0.25) is 0 Å². The fourth-order valence-corrected chi connectivity index (χ4v) is 3.00. The Labute approximate surface area is 172 Å². The van der Waals surface area contributed by atoms with Crippen LogP contribution < -0.4 is 15.4 Å². The van der Waals surface area contributed by atoms with Crippen molar-refractivity contribution in [2.45, 2.75) is 19.3 Å². The number of aromatic nitrogens is 1. The van der Waals surface area contributed by atoms with Gasteiger partial charge in [0.25, 0.3) is 5.91 Å². The first-order valence-corrected chi connectivity index (χ1v) is 9.89. The zero-order chi connectivity index (χ0) is 20.3. The van der Waals surface area contributed by atoms with Crippen LogP contribution in [0, 0.1) is 0 Å². The molecule has 1 amide bonds. The molecular weight excluding hydrogens is 362 g/mol. The minimum atomic E-state index is -0.0876. The number of rotatable bonds is 10. The Morgan fingerprint density at radius 3 is 2.34 bits per heavy atom. The number of anilines is 1. The fraction of sp³-hybridized carbons (Fsp3) is 0.250. The van der Waals surface area contributed by atoms with Crippen LogP contribution in [-0.4, -0.2) is 31.1 Å². The Bertz CT molecular complexity index is 878. The first-order chi connectivity index (χ1) is 14.2. The molecule has 29 heavy (non-hydrogen) atoms. The van der Waals surface area contributed by atoms with E-state index in [9.17, 15) is 4.79 Å². The molecule has 5 heteroatoms. The number of hydrogen-bond donors (Lipinski definition) is 2. The van der Waals surface area contributed by atoms with Crippen LogP contribution in [0.3, 0.4) is 0 Å². The molecule has 0 atom stereocenters. The predicted octanol–water partition coefficient (Wildman–Crippen LogP) is 4.11. The highest BCUT2D eigenvalue weighted by Gasteiger charge is 2.05. The summed E-state index contributed by atoms with van der Waals surface area (Å²) in [4.78, 5) is 16.6. The van der Waals surface area contributed by atoms with Gasteiger partial charge in [-0.3, -0.25) is 4.79 Å². The van der Waals surface area contributed by atoms with E-state index < -0.39 is 0 Å². The third-order valence-electron chi connectivity index (χ3n) is 4.68. The summed E-state index contributed by atoms with van der Waals surface area (Å²) < 4.78 is 5.17. The number of ether oxygens (including phenoxy) is 1. The summed E-state index contributed by atoms with van der Waals surface area (Å²) in [7, 11) is 1.66. The quantitative estimate of drug-likeness (QED) is 0.512. The molecule has 2 N–H and O–H groups in total. The van der Waals surface area contributed by atoms with E-state index >= 15 is 0 Å². The van der Waals surface area contributed by atoms with E-state index in [1.807, 2.05) is 36.4 Å². The van der Waals surface area contributed by atoms with Crippen LogP contribution >= 0.6 is 0 Å². The average Bonchev–Trinajstić information content (AvgIpc) is 2.78. The average molecular weight is 389 g/mol. The molecule has 1 heterocycles. The van der Waals surface area contributed by atoms with Crippen molar-refractivity contribution in [3.05, 3.63) is 89.6 Å². The SMILES string of the molecule is COc1ccc(CCNc2ccc(C(=O)NCCCc3ccccc3)cn2)cc1. The normalized spacial score (nSPS) is 10.4. The summed E-state index contributed by atoms with van der Waals surface area (Å²) in [6.45, 7) is 1.42. The minimum absolute atomic E-state index is 0.0876. The van der Waals surface area contributed by atoms with Crippen molar-refractivity contribution in [1.29, 1.82) is 0 Å². The summed E-state index contributed by atoms with van der Waals surface area (Å²) in [5, 5.41) is 6.24. The zero-order valence-corrected chi connectivity index (χ0v) is 16.7. The zero-order valence-electron chi connectivity index (χ0n) is 16.7. The molecule has 0 bridgehead atoms. The topological polar surface area (TPSA) is 63.2 Å². The second-order valence-electron chi connectivity index (χ2n) is 6.80. The minimum Gasteiger partial charge on any atom is -0.497 e. The fourth-order valence-electron chi connectivity index (χ4n) is 3.00. The van der Waals surface area contributed by atoms with Gasteiger partial charge in [-0.05, 0) is 54.7 Å². The second kappa shape index (κ2) is 10.9. The lowest BCUT2D eigenvalue weighted by Gasteiger charge is -2.08. The van der Waals surface area contributed by atoms with Crippen LogP contribution in [0.1, 0.15) is 27.9 Å². The van der Waals surface area contributed by atoms with E-state index in [1.165, 1.54) is 11.1 Å². The van der Waals surface area contributed by atoms with E-state index in [2.05, 4.69) is 39.9 Å². The van der Waals surface area contributed by atoms with Crippen molar-refractivity contribution in [3.63, 3.8) is 0 Å². The largest absolute Gasteiger partial charge is 0.497 e. The van der Waals surface area contributed by atoms with Crippen LogP contribution in [0.5, 0.6) is 5.75 Å². The third kappa shape index (κ3) is 6.64. The van der Waals surface area contributed by atoms with Gasteiger partial charge >= 0.3 is 0 Å². The van der Waals surface area contributed by atoms with Crippen LogP contribution in [0.25, 0.3) is 0 Å². The molecule has 0 radical (unpaired) electrons. The second-order valence-corrected chi connectivity index (χ2v) is 6.80. The summed E-state index contributed by atoms with van der Waals surface area (Å²) in [6.07, 6.45) is 4.36. The highest BCUT2D eigenvalue weighted by Crippen LogP contribution is 2.12. The van der Waals surface area contributed by atoms with Gasteiger partial charge in [-0.1, -0.05) is 42.5 Å². The smallest absolute Gasteiger partial charge is 0.252 e. The van der Waals surface area contributed by atoms with E-state index in [-0.39, 0.29) is 5.91 Å². The number of hydrogen-bond acceptors (Lipinski definition) is 4. The highest BCUT2D eigenvalue weighted by atomic mass is 16.5. The highest BCUT2D eigenvalue weighted by molar-refractivity contribution is 5.94. The first-order valence-electron chi connectivity index (χ1n) is 9.89. The van der Waals surface area contributed by atoms with Gasteiger partial charge in [0.05, 0.1) is 12.7 Å². The lowest BCUT2D eigenvalue weighted by molar-refractivity contribution is 0.0953. The van der Waals surface area contributed by atoms with E-state index in [4.69, 9.17) is 4.74 Å². The molecule has 3 aromatic rings.